The zero-order chi connectivity index (χ0) is 11.5. The number of thiazole rings is 1. The molecule has 2 rings (SSSR count). The lowest BCUT2D eigenvalue weighted by Gasteiger charge is -2.25. The molecule has 0 aliphatic heterocycles. The molecule has 3 atom stereocenters. The summed E-state index contributed by atoms with van der Waals surface area (Å²) in [5, 5.41) is 3.30. The molecule has 1 aromatic heterocycles. The molecule has 90 valence electrons. The maximum absolute atomic E-state index is 5.70. The lowest BCUT2D eigenvalue weighted by Crippen LogP contribution is -2.43. The summed E-state index contributed by atoms with van der Waals surface area (Å²) < 4.78 is 0. The fourth-order valence-corrected chi connectivity index (χ4v) is 3.46. The number of aromatic nitrogens is 1. The molecule has 3 N–H and O–H groups in total. The minimum Gasteiger partial charge on any atom is -0.271 e. The standard InChI is InChI=1S/C12H21N3S/c1-8-4-3-5-11(8)12(15-13)6-10-7-16-9(2)14-10/h7-8,11-12,15H,3-6,13H2,1-2H3. The van der Waals surface area contributed by atoms with Crippen molar-refractivity contribution in [1.29, 1.82) is 0 Å². The van der Waals surface area contributed by atoms with Crippen molar-refractivity contribution in [1.82, 2.24) is 10.4 Å². The van der Waals surface area contributed by atoms with Crippen LogP contribution in [0.5, 0.6) is 0 Å². The van der Waals surface area contributed by atoms with Gasteiger partial charge in [0.05, 0.1) is 10.7 Å². The van der Waals surface area contributed by atoms with Crippen LogP contribution >= 0.6 is 11.3 Å². The highest BCUT2D eigenvalue weighted by Gasteiger charge is 2.30. The molecule has 1 aliphatic rings. The van der Waals surface area contributed by atoms with E-state index < -0.39 is 0 Å². The number of hydrazine groups is 1. The van der Waals surface area contributed by atoms with Crippen molar-refractivity contribution in [3.63, 3.8) is 0 Å². The Labute approximate surface area is 101 Å². The molecule has 16 heavy (non-hydrogen) atoms. The molecular weight excluding hydrogens is 218 g/mol. The molecule has 4 heteroatoms. The normalized spacial score (nSPS) is 27.2. The molecule has 1 fully saturated rings. The van der Waals surface area contributed by atoms with E-state index in [1.54, 1.807) is 11.3 Å². The average Bonchev–Trinajstić information content (AvgIpc) is 2.84. The maximum Gasteiger partial charge on any atom is 0.0897 e. The van der Waals surface area contributed by atoms with Crippen LogP contribution in [-0.2, 0) is 6.42 Å². The van der Waals surface area contributed by atoms with E-state index in [-0.39, 0.29) is 0 Å². The smallest absolute Gasteiger partial charge is 0.0897 e. The van der Waals surface area contributed by atoms with E-state index in [1.807, 2.05) is 0 Å². The first-order valence-corrected chi connectivity index (χ1v) is 6.96. The van der Waals surface area contributed by atoms with Crippen LogP contribution in [0.4, 0.5) is 0 Å². The van der Waals surface area contributed by atoms with Crippen LogP contribution in [-0.4, -0.2) is 11.0 Å². The minimum absolute atomic E-state index is 0.388. The fraction of sp³-hybridized carbons (Fsp3) is 0.750. The SMILES string of the molecule is Cc1nc(CC(NN)C2CCCC2C)cs1. The summed E-state index contributed by atoms with van der Waals surface area (Å²) in [5.74, 6) is 7.20. The van der Waals surface area contributed by atoms with Gasteiger partial charge in [0, 0.05) is 17.8 Å². The van der Waals surface area contributed by atoms with E-state index in [0.29, 0.717) is 12.0 Å². The Balaban J connectivity index is 2.00. The Morgan fingerprint density at radius 3 is 2.94 bits per heavy atom. The van der Waals surface area contributed by atoms with Crippen LogP contribution in [0.3, 0.4) is 0 Å². The number of hydrogen-bond acceptors (Lipinski definition) is 4. The molecule has 1 heterocycles. The van der Waals surface area contributed by atoms with Crippen molar-refractivity contribution in [3.8, 4) is 0 Å². The Bertz CT molecular complexity index is 337. The molecule has 0 saturated heterocycles. The van der Waals surface area contributed by atoms with E-state index in [0.717, 1.165) is 17.3 Å². The number of hydrogen-bond donors (Lipinski definition) is 2. The molecule has 0 amide bonds. The molecule has 0 spiro atoms. The summed E-state index contributed by atoms with van der Waals surface area (Å²) in [6, 6.07) is 0.388. The number of nitrogens with zero attached hydrogens (tertiary/aromatic N) is 1. The second-order valence-electron chi connectivity index (χ2n) is 4.91. The largest absolute Gasteiger partial charge is 0.271 e. The first-order chi connectivity index (χ1) is 7.70. The monoisotopic (exact) mass is 239 g/mol. The average molecular weight is 239 g/mol. The van der Waals surface area contributed by atoms with E-state index in [2.05, 4.69) is 29.6 Å². The Kier molecular flexibility index (Phi) is 3.95. The number of nitrogens with one attached hydrogen (secondary N) is 1. The lowest BCUT2D eigenvalue weighted by molar-refractivity contribution is 0.296. The third kappa shape index (κ3) is 2.62. The topological polar surface area (TPSA) is 50.9 Å². The molecule has 1 saturated carbocycles. The van der Waals surface area contributed by atoms with Gasteiger partial charge in [0.15, 0.2) is 0 Å². The molecule has 0 bridgehead atoms. The van der Waals surface area contributed by atoms with Crippen LogP contribution in [0.25, 0.3) is 0 Å². The van der Waals surface area contributed by atoms with Crippen LogP contribution in [0, 0.1) is 18.8 Å². The van der Waals surface area contributed by atoms with Gasteiger partial charge in [0.25, 0.3) is 0 Å². The predicted molar refractivity (Wildman–Crippen MR) is 68.2 cm³/mol. The second kappa shape index (κ2) is 5.25. The second-order valence-corrected chi connectivity index (χ2v) is 5.97. The van der Waals surface area contributed by atoms with Gasteiger partial charge >= 0.3 is 0 Å². The molecule has 1 aromatic rings. The van der Waals surface area contributed by atoms with Gasteiger partial charge in [-0.05, 0) is 25.2 Å². The summed E-state index contributed by atoms with van der Waals surface area (Å²) in [6.45, 7) is 4.39. The van der Waals surface area contributed by atoms with Crippen LogP contribution in [0.1, 0.15) is 36.9 Å². The van der Waals surface area contributed by atoms with Crippen molar-refractivity contribution in [2.75, 3.05) is 0 Å². The Morgan fingerprint density at radius 2 is 2.44 bits per heavy atom. The van der Waals surface area contributed by atoms with Gasteiger partial charge in [-0.3, -0.25) is 11.3 Å². The number of aryl methyl sites for hydroxylation is 1. The minimum atomic E-state index is 0.388. The summed E-state index contributed by atoms with van der Waals surface area (Å²) >= 11 is 1.72. The highest BCUT2D eigenvalue weighted by Crippen LogP contribution is 2.34. The zero-order valence-electron chi connectivity index (χ0n) is 10.1. The Hall–Kier alpha value is -0.450. The van der Waals surface area contributed by atoms with Gasteiger partial charge < -0.3 is 0 Å². The summed E-state index contributed by atoms with van der Waals surface area (Å²) in [7, 11) is 0. The van der Waals surface area contributed by atoms with Gasteiger partial charge in [-0.15, -0.1) is 11.3 Å². The third-order valence-corrected chi connectivity index (χ3v) is 4.58. The highest BCUT2D eigenvalue weighted by molar-refractivity contribution is 7.09. The van der Waals surface area contributed by atoms with Crippen molar-refractivity contribution in [2.24, 2.45) is 17.7 Å². The first kappa shape index (κ1) is 12.0. The Morgan fingerprint density at radius 1 is 1.62 bits per heavy atom. The van der Waals surface area contributed by atoms with Crippen molar-refractivity contribution < 1.29 is 0 Å². The van der Waals surface area contributed by atoms with Crippen LogP contribution in [0.2, 0.25) is 0 Å². The van der Waals surface area contributed by atoms with Gasteiger partial charge in [0.1, 0.15) is 0 Å². The van der Waals surface area contributed by atoms with Crippen LogP contribution in [0.15, 0.2) is 5.38 Å². The van der Waals surface area contributed by atoms with Crippen molar-refractivity contribution in [3.05, 3.63) is 16.1 Å². The molecule has 0 aromatic carbocycles. The van der Waals surface area contributed by atoms with E-state index in [9.17, 15) is 0 Å². The lowest BCUT2D eigenvalue weighted by atomic mass is 9.88. The van der Waals surface area contributed by atoms with Gasteiger partial charge in [0.2, 0.25) is 0 Å². The summed E-state index contributed by atoms with van der Waals surface area (Å²) in [4.78, 5) is 4.52. The summed E-state index contributed by atoms with van der Waals surface area (Å²) in [5.41, 5.74) is 4.18. The van der Waals surface area contributed by atoms with Crippen LogP contribution < -0.4 is 11.3 Å². The fourth-order valence-electron chi connectivity index (χ4n) is 2.83. The quantitative estimate of drug-likeness (QED) is 0.626. The van der Waals surface area contributed by atoms with Crippen molar-refractivity contribution in [2.45, 2.75) is 45.6 Å². The van der Waals surface area contributed by atoms with Crippen molar-refractivity contribution >= 4 is 11.3 Å². The van der Waals surface area contributed by atoms with E-state index >= 15 is 0 Å². The predicted octanol–water partition coefficient (Wildman–Crippen LogP) is 2.26. The number of nitrogens with two attached hydrogens (primary N) is 1. The molecule has 1 aliphatic carbocycles. The van der Waals surface area contributed by atoms with Gasteiger partial charge in [-0.25, -0.2) is 4.98 Å². The molecule has 3 nitrogen and oxygen atoms in total. The molecule has 3 unspecified atom stereocenters. The van der Waals surface area contributed by atoms with E-state index in [4.69, 9.17) is 5.84 Å². The van der Waals surface area contributed by atoms with E-state index in [1.165, 1.54) is 25.0 Å². The highest BCUT2D eigenvalue weighted by atomic mass is 32.1. The third-order valence-electron chi connectivity index (χ3n) is 3.75. The first-order valence-electron chi connectivity index (χ1n) is 6.08. The maximum atomic E-state index is 5.70. The van der Waals surface area contributed by atoms with Gasteiger partial charge in [-0.1, -0.05) is 19.8 Å². The van der Waals surface area contributed by atoms with Gasteiger partial charge in [-0.2, -0.15) is 0 Å². The summed E-state index contributed by atoms with van der Waals surface area (Å²) in [6.07, 6.45) is 4.97. The molecular formula is C12H21N3S. The molecule has 0 radical (unpaired) electrons. The zero-order valence-corrected chi connectivity index (χ0v) is 10.9. The number of rotatable bonds is 4.